The molecule has 2 aromatic rings. The van der Waals surface area contributed by atoms with Crippen molar-refractivity contribution in [2.24, 2.45) is 0 Å². The average Bonchev–Trinajstić information content (AvgIpc) is 3.32. The lowest BCUT2D eigenvalue weighted by atomic mass is 9.95. The Kier molecular flexibility index (Phi) is 4.16. The molecule has 2 aliphatic heterocycles. The first-order valence-corrected chi connectivity index (χ1v) is 9.02. The highest BCUT2D eigenvalue weighted by Gasteiger charge is 2.39. The number of thiophene rings is 1. The first kappa shape index (κ1) is 15.5. The minimum atomic E-state index is -0.0192. The highest BCUT2D eigenvalue weighted by atomic mass is 32.1. The number of ether oxygens (including phenoxy) is 2. The standard InChI is InChI=1S/C18H20N2O3S/c1-22-14-4-2-3-5-15(14)23-17-9-8-16(24-17)18(21)20-13-10-11-6-7-12(13)19-11/h2-5,8-9,11-13,19H,6-7,10H2,1H3,(H,20,21). The fraction of sp³-hybridized carbons (Fsp3) is 0.389. The number of hydrogen-bond donors (Lipinski definition) is 2. The Morgan fingerprint density at radius 3 is 2.75 bits per heavy atom. The first-order chi connectivity index (χ1) is 11.7. The average molecular weight is 344 g/mol. The molecule has 1 amide bonds. The van der Waals surface area contributed by atoms with Crippen molar-refractivity contribution in [3.63, 3.8) is 0 Å². The van der Waals surface area contributed by atoms with Gasteiger partial charge in [-0.15, -0.1) is 0 Å². The zero-order chi connectivity index (χ0) is 16.5. The number of rotatable bonds is 5. The molecular formula is C18H20N2O3S. The molecule has 2 saturated heterocycles. The van der Waals surface area contributed by atoms with Gasteiger partial charge < -0.3 is 20.1 Å². The summed E-state index contributed by atoms with van der Waals surface area (Å²) in [6.07, 6.45) is 3.42. The number of amides is 1. The van der Waals surface area contributed by atoms with Crippen LogP contribution in [0.1, 0.15) is 28.9 Å². The summed E-state index contributed by atoms with van der Waals surface area (Å²) in [4.78, 5) is 13.1. The number of methoxy groups -OCH3 is 1. The van der Waals surface area contributed by atoms with E-state index in [0.717, 1.165) is 12.8 Å². The third-order valence-corrected chi connectivity index (χ3v) is 5.66. The van der Waals surface area contributed by atoms with Crippen molar-refractivity contribution in [2.45, 2.75) is 37.4 Å². The predicted octanol–water partition coefficient (Wildman–Crippen LogP) is 3.17. The Hall–Kier alpha value is -2.05. The Labute approximate surface area is 145 Å². The third kappa shape index (κ3) is 2.99. The second kappa shape index (κ2) is 6.45. The fourth-order valence-corrected chi connectivity index (χ4v) is 4.30. The fourth-order valence-electron chi connectivity index (χ4n) is 3.53. The maximum Gasteiger partial charge on any atom is 0.261 e. The molecule has 3 atom stereocenters. The first-order valence-electron chi connectivity index (χ1n) is 8.20. The number of hydrogen-bond acceptors (Lipinski definition) is 5. The molecule has 24 heavy (non-hydrogen) atoms. The molecule has 6 heteroatoms. The Bertz CT molecular complexity index is 745. The predicted molar refractivity (Wildman–Crippen MR) is 93.2 cm³/mol. The molecule has 0 aliphatic carbocycles. The van der Waals surface area contributed by atoms with E-state index in [1.165, 1.54) is 17.8 Å². The van der Waals surface area contributed by atoms with Crippen LogP contribution in [-0.4, -0.2) is 31.1 Å². The van der Waals surface area contributed by atoms with Gasteiger partial charge in [0.2, 0.25) is 0 Å². The molecule has 3 heterocycles. The molecule has 3 unspecified atom stereocenters. The molecule has 0 spiro atoms. The van der Waals surface area contributed by atoms with E-state index in [-0.39, 0.29) is 11.9 Å². The van der Waals surface area contributed by atoms with Crippen LogP contribution >= 0.6 is 11.3 Å². The molecule has 0 radical (unpaired) electrons. The molecule has 2 bridgehead atoms. The lowest BCUT2D eigenvalue weighted by molar-refractivity contribution is 0.0935. The van der Waals surface area contributed by atoms with Crippen LogP contribution in [0.3, 0.4) is 0 Å². The van der Waals surface area contributed by atoms with Gasteiger partial charge in [0.1, 0.15) is 0 Å². The summed E-state index contributed by atoms with van der Waals surface area (Å²) < 4.78 is 11.1. The summed E-state index contributed by atoms with van der Waals surface area (Å²) in [7, 11) is 1.61. The van der Waals surface area contributed by atoms with Gasteiger partial charge in [0, 0.05) is 18.1 Å². The van der Waals surface area contributed by atoms with E-state index in [9.17, 15) is 4.79 Å². The van der Waals surface area contributed by atoms with Gasteiger partial charge in [-0.1, -0.05) is 23.5 Å². The smallest absolute Gasteiger partial charge is 0.261 e. The van der Waals surface area contributed by atoms with Crippen LogP contribution in [0.5, 0.6) is 16.6 Å². The maximum atomic E-state index is 12.5. The van der Waals surface area contributed by atoms with E-state index >= 15 is 0 Å². The zero-order valence-electron chi connectivity index (χ0n) is 13.5. The van der Waals surface area contributed by atoms with Crippen molar-refractivity contribution in [1.29, 1.82) is 0 Å². The lowest BCUT2D eigenvalue weighted by Gasteiger charge is -2.20. The second-order valence-corrected chi connectivity index (χ2v) is 7.28. The summed E-state index contributed by atoms with van der Waals surface area (Å²) in [6, 6.07) is 12.4. The van der Waals surface area contributed by atoms with Gasteiger partial charge >= 0.3 is 0 Å². The normalized spacial score (nSPS) is 24.8. The van der Waals surface area contributed by atoms with Crippen LogP contribution in [0.2, 0.25) is 0 Å². The Balaban J connectivity index is 1.42. The van der Waals surface area contributed by atoms with Crippen molar-refractivity contribution < 1.29 is 14.3 Å². The number of carbonyl (C=O) groups excluding carboxylic acids is 1. The van der Waals surface area contributed by atoms with E-state index in [1.54, 1.807) is 7.11 Å². The third-order valence-electron chi connectivity index (χ3n) is 4.70. The molecule has 2 fully saturated rings. The molecule has 4 rings (SSSR count). The molecule has 2 aliphatic rings. The number of nitrogens with one attached hydrogen (secondary N) is 2. The van der Waals surface area contributed by atoms with Gasteiger partial charge in [-0.3, -0.25) is 4.79 Å². The number of carbonyl (C=O) groups is 1. The highest BCUT2D eigenvalue weighted by molar-refractivity contribution is 7.15. The van der Waals surface area contributed by atoms with Gasteiger partial charge in [-0.2, -0.15) is 0 Å². The molecular weight excluding hydrogens is 324 g/mol. The van der Waals surface area contributed by atoms with Gasteiger partial charge in [0.15, 0.2) is 16.6 Å². The van der Waals surface area contributed by atoms with Crippen molar-refractivity contribution in [3.05, 3.63) is 41.3 Å². The maximum absolute atomic E-state index is 12.5. The van der Waals surface area contributed by atoms with Crippen LogP contribution in [0.25, 0.3) is 0 Å². The van der Waals surface area contributed by atoms with Gasteiger partial charge in [0.05, 0.1) is 12.0 Å². The number of fused-ring (bicyclic) bond motifs is 2. The summed E-state index contributed by atoms with van der Waals surface area (Å²) in [6.45, 7) is 0. The van der Waals surface area contributed by atoms with Gasteiger partial charge in [0.25, 0.3) is 5.91 Å². The van der Waals surface area contributed by atoms with Gasteiger partial charge in [-0.25, -0.2) is 0 Å². The summed E-state index contributed by atoms with van der Waals surface area (Å²) in [5, 5.41) is 7.37. The molecule has 2 N–H and O–H groups in total. The number of benzene rings is 1. The highest BCUT2D eigenvalue weighted by Crippen LogP contribution is 2.35. The topological polar surface area (TPSA) is 59.6 Å². The molecule has 126 valence electrons. The minimum Gasteiger partial charge on any atom is -0.493 e. The summed E-state index contributed by atoms with van der Waals surface area (Å²) >= 11 is 1.35. The van der Waals surface area contributed by atoms with Crippen molar-refractivity contribution >= 4 is 17.2 Å². The molecule has 0 saturated carbocycles. The Morgan fingerprint density at radius 1 is 1.21 bits per heavy atom. The lowest BCUT2D eigenvalue weighted by Crippen LogP contribution is -2.42. The summed E-state index contributed by atoms with van der Waals surface area (Å²) in [5.41, 5.74) is 0. The van der Waals surface area contributed by atoms with Crippen molar-refractivity contribution in [1.82, 2.24) is 10.6 Å². The number of para-hydroxylation sites is 2. The van der Waals surface area contributed by atoms with Crippen molar-refractivity contribution in [2.75, 3.05) is 7.11 Å². The zero-order valence-corrected chi connectivity index (χ0v) is 14.3. The van der Waals surface area contributed by atoms with Crippen LogP contribution in [0.15, 0.2) is 36.4 Å². The van der Waals surface area contributed by atoms with Crippen LogP contribution < -0.4 is 20.1 Å². The van der Waals surface area contributed by atoms with Crippen LogP contribution in [0, 0.1) is 0 Å². The van der Waals surface area contributed by atoms with Crippen molar-refractivity contribution in [3.8, 4) is 16.6 Å². The Morgan fingerprint density at radius 2 is 2.04 bits per heavy atom. The van der Waals surface area contributed by atoms with E-state index in [0.29, 0.717) is 33.5 Å². The van der Waals surface area contributed by atoms with E-state index in [4.69, 9.17) is 9.47 Å². The van der Waals surface area contributed by atoms with E-state index in [2.05, 4.69) is 10.6 Å². The van der Waals surface area contributed by atoms with E-state index < -0.39 is 0 Å². The van der Waals surface area contributed by atoms with Crippen LogP contribution in [0.4, 0.5) is 0 Å². The quantitative estimate of drug-likeness (QED) is 0.875. The largest absolute Gasteiger partial charge is 0.493 e. The van der Waals surface area contributed by atoms with Crippen LogP contribution in [-0.2, 0) is 0 Å². The second-order valence-electron chi connectivity index (χ2n) is 6.23. The monoisotopic (exact) mass is 344 g/mol. The minimum absolute atomic E-state index is 0.0192. The van der Waals surface area contributed by atoms with E-state index in [1.807, 2.05) is 36.4 Å². The molecule has 1 aromatic heterocycles. The molecule has 5 nitrogen and oxygen atoms in total. The van der Waals surface area contributed by atoms with Gasteiger partial charge in [-0.05, 0) is 43.5 Å². The molecule has 1 aromatic carbocycles. The summed E-state index contributed by atoms with van der Waals surface area (Å²) in [5.74, 6) is 1.30. The SMILES string of the molecule is COc1ccccc1Oc1ccc(C(=O)NC2CC3CCC2N3)s1.